The zero-order valence-corrected chi connectivity index (χ0v) is 9.28. The lowest BCUT2D eigenvalue weighted by Gasteiger charge is -2.07. The van der Waals surface area contributed by atoms with Crippen LogP contribution in [0.1, 0.15) is 12.5 Å². The van der Waals surface area contributed by atoms with Crippen LogP contribution in [0.3, 0.4) is 0 Å². The van der Waals surface area contributed by atoms with Crippen LogP contribution in [-0.2, 0) is 11.2 Å². The average molecular weight is 202 g/mol. The Labute approximate surface area is 92.1 Å². The van der Waals surface area contributed by atoms with Crippen LogP contribution in [0.5, 0.6) is 0 Å². The lowest BCUT2D eigenvalue weighted by Crippen LogP contribution is -2.10. The van der Waals surface area contributed by atoms with Crippen molar-refractivity contribution in [3.63, 3.8) is 0 Å². The second kappa shape index (κ2) is 7.74. The van der Waals surface area contributed by atoms with Crippen LogP contribution in [0.4, 0.5) is 0 Å². The van der Waals surface area contributed by atoms with Crippen molar-refractivity contribution in [2.45, 2.75) is 13.3 Å². The van der Waals surface area contributed by atoms with Crippen molar-refractivity contribution < 1.29 is 4.79 Å². The third kappa shape index (κ3) is 4.96. The molecule has 1 nitrogen and oxygen atoms in total. The minimum absolute atomic E-state index is 0.0394. The van der Waals surface area contributed by atoms with E-state index in [0.717, 1.165) is 6.42 Å². The number of carbonyl (C=O) groups excluding carboxylic acids is 1. The molecule has 1 heteroatoms. The molecular formula is C14H18O. The first-order valence-corrected chi connectivity index (χ1v) is 4.91. The number of carbonyl (C=O) groups is 1. The topological polar surface area (TPSA) is 17.1 Å². The maximum Gasteiger partial charge on any atom is 0.136 e. The van der Waals surface area contributed by atoms with Crippen molar-refractivity contribution in [3.05, 3.63) is 61.7 Å². The highest BCUT2D eigenvalue weighted by molar-refractivity contribution is 5.80. The van der Waals surface area contributed by atoms with Crippen LogP contribution in [0, 0.1) is 5.92 Å². The Bertz CT molecular complexity index is 300. The van der Waals surface area contributed by atoms with Crippen LogP contribution in [0.15, 0.2) is 56.1 Å². The van der Waals surface area contributed by atoms with Gasteiger partial charge in [0.15, 0.2) is 0 Å². The molecule has 0 amide bonds. The summed E-state index contributed by atoms with van der Waals surface area (Å²) in [7, 11) is 0. The van der Waals surface area contributed by atoms with Gasteiger partial charge in [-0.15, -0.1) is 19.7 Å². The third-order valence-electron chi connectivity index (χ3n) is 2.11. The predicted octanol–water partition coefficient (Wildman–Crippen LogP) is 3.42. The van der Waals surface area contributed by atoms with Crippen molar-refractivity contribution in [1.29, 1.82) is 0 Å². The summed E-state index contributed by atoms with van der Waals surface area (Å²) in [5, 5.41) is 0. The van der Waals surface area contributed by atoms with Crippen molar-refractivity contribution in [3.8, 4) is 0 Å². The van der Waals surface area contributed by atoms with Gasteiger partial charge in [-0.3, -0.25) is 4.79 Å². The fourth-order valence-electron chi connectivity index (χ4n) is 1.26. The molecular weight excluding hydrogens is 184 g/mol. The summed E-state index contributed by atoms with van der Waals surface area (Å²) in [6.07, 6.45) is 2.48. The Morgan fingerprint density at radius 1 is 1.33 bits per heavy atom. The van der Waals surface area contributed by atoms with Gasteiger partial charge in [0, 0.05) is 5.92 Å². The number of benzene rings is 1. The maximum absolute atomic E-state index is 11.1. The van der Waals surface area contributed by atoms with E-state index < -0.39 is 0 Å². The summed E-state index contributed by atoms with van der Waals surface area (Å²) in [5.74, 6) is 0.140. The molecule has 0 spiro atoms. The standard InChI is InChI=1S/C12H14O.C2H4/c1-3-12(10(2)13)9-11-7-5-4-6-8-11;1-2/h3-8,12H,1,9H2,2H3;1-2H2. The van der Waals surface area contributed by atoms with Crippen LogP contribution in [0.2, 0.25) is 0 Å². The quantitative estimate of drug-likeness (QED) is 0.684. The Hall–Kier alpha value is -1.63. The molecule has 1 rings (SSSR count). The van der Waals surface area contributed by atoms with E-state index >= 15 is 0 Å². The van der Waals surface area contributed by atoms with Gasteiger partial charge in [0.05, 0.1) is 0 Å². The predicted molar refractivity (Wildman–Crippen MR) is 65.8 cm³/mol. The van der Waals surface area contributed by atoms with Crippen molar-refractivity contribution >= 4 is 5.78 Å². The fraction of sp³-hybridized carbons (Fsp3) is 0.214. The van der Waals surface area contributed by atoms with E-state index in [-0.39, 0.29) is 11.7 Å². The van der Waals surface area contributed by atoms with E-state index in [1.54, 1.807) is 13.0 Å². The molecule has 1 aromatic carbocycles. The number of ketones is 1. The summed E-state index contributed by atoms with van der Waals surface area (Å²) in [4.78, 5) is 11.1. The molecule has 0 saturated heterocycles. The molecule has 0 aliphatic carbocycles. The first-order chi connectivity index (χ1) is 7.24. The van der Waals surface area contributed by atoms with Gasteiger partial charge < -0.3 is 0 Å². The average Bonchev–Trinajstić information content (AvgIpc) is 2.29. The molecule has 0 fully saturated rings. The van der Waals surface area contributed by atoms with Crippen LogP contribution >= 0.6 is 0 Å². The number of hydrogen-bond donors (Lipinski definition) is 0. The summed E-state index contributed by atoms with van der Waals surface area (Å²) in [5.41, 5.74) is 1.18. The van der Waals surface area contributed by atoms with E-state index in [0.29, 0.717) is 0 Å². The number of allylic oxidation sites excluding steroid dienone is 1. The molecule has 0 aliphatic heterocycles. The number of hydrogen-bond acceptors (Lipinski definition) is 1. The first kappa shape index (κ1) is 13.4. The SMILES string of the molecule is C=C.C=CC(Cc1ccccc1)C(C)=O. The molecule has 80 valence electrons. The van der Waals surface area contributed by atoms with Gasteiger partial charge in [-0.1, -0.05) is 36.4 Å². The van der Waals surface area contributed by atoms with E-state index in [9.17, 15) is 4.79 Å². The highest BCUT2D eigenvalue weighted by Crippen LogP contribution is 2.10. The molecule has 0 heterocycles. The Balaban J connectivity index is 0.000000921. The summed E-state index contributed by atoms with van der Waals surface area (Å²) in [6.45, 7) is 11.3. The second-order valence-electron chi connectivity index (χ2n) is 3.14. The molecule has 1 atom stereocenters. The Morgan fingerprint density at radius 2 is 1.87 bits per heavy atom. The van der Waals surface area contributed by atoms with Crippen molar-refractivity contribution in [2.24, 2.45) is 5.92 Å². The molecule has 0 bridgehead atoms. The number of rotatable bonds is 4. The minimum Gasteiger partial charge on any atom is -0.299 e. The molecule has 0 radical (unpaired) electrons. The highest BCUT2D eigenvalue weighted by Gasteiger charge is 2.09. The minimum atomic E-state index is -0.0394. The summed E-state index contributed by atoms with van der Waals surface area (Å²) < 4.78 is 0. The fourth-order valence-corrected chi connectivity index (χ4v) is 1.26. The Kier molecular flexibility index (Phi) is 6.90. The summed E-state index contributed by atoms with van der Waals surface area (Å²) in [6, 6.07) is 9.99. The Morgan fingerprint density at radius 3 is 2.27 bits per heavy atom. The largest absolute Gasteiger partial charge is 0.299 e. The zero-order valence-electron chi connectivity index (χ0n) is 9.28. The van der Waals surface area contributed by atoms with Gasteiger partial charge in [-0.05, 0) is 18.9 Å². The van der Waals surface area contributed by atoms with E-state index in [1.165, 1.54) is 5.56 Å². The molecule has 0 aliphatic rings. The monoisotopic (exact) mass is 202 g/mol. The molecule has 15 heavy (non-hydrogen) atoms. The van der Waals surface area contributed by atoms with E-state index in [4.69, 9.17) is 0 Å². The lowest BCUT2D eigenvalue weighted by molar-refractivity contribution is -0.119. The molecule has 0 N–H and O–H groups in total. The van der Waals surface area contributed by atoms with Gasteiger partial charge in [-0.25, -0.2) is 0 Å². The van der Waals surface area contributed by atoms with Crippen molar-refractivity contribution in [2.75, 3.05) is 0 Å². The molecule has 0 aromatic heterocycles. The van der Waals surface area contributed by atoms with Crippen LogP contribution < -0.4 is 0 Å². The first-order valence-electron chi connectivity index (χ1n) is 4.91. The van der Waals surface area contributed by atoms with E-state index in [1.807, 2.05) is 30.3 Å². The molecule has 1 aromatic rings. The smallest absolute Gasteiger partial charge is 0.136 e. The number of Topliss-reactive ketones (excluding diaryl/α,β-unsaturated/α-hetero) is 1. The molecule has 0 saturated carbocycles. The normalized spacial score (nSPS) is 10.7. The van der Waals surface area contributed by atoms with E-state index in [2.05, 4.69) is 19.7 Å². The lowest BCUT2D eigenvalue weighted by atomic mass is 9.96. The molecule has 1 unspecified atom stereocenters. The van der Waals surface area contributed by atoms with Gasteiger partial charge in [-0.2, -0.15) is 0 Å². The van der Waals surface area contributed by atoms with Crippen molar-refractivity contribution in [1.82, 2.24) is 0 Å². The highest BCUT2D eigenvalue weighted by atomic mass is 16.1. The van der Waals surface area contributed by atoms with Gasteiger partial charge in [0.1, 0.15) is 5.78 Å². The van der Waals surface area contributed by atoms with Gasteiger partial charge in [0.25, 0.3) is 0 Å². The third-order valence-corrected chi connectivity index (χ3v) is 2.11. The summed E-state index contributed by atoms with van der Waals surface area (Å²) >= 11 is 0. The maximum atomic E-state index is 11.1. The second-order valence-corrected chi connectivity index (χ2v) is 3.14. The van der Waals surface area contributed by atoms with Gasteiger partial charge in [0.2, 0.25) is 0 Å². The van der Waals surface area contributed by atoms with Crippen LogP contribution in [0.25, 0.3) is 0 Å². The van der Waals surface area contributed by atoms with Crippen LogP contribution in [-0.4, -0.2) is 5.78 Å². The zero-order chi connectivity index (χ0) is 11.7. The van der Waals surface area contributed by atoms with Gasteiger partial charge >= 0.3 is 0 Å².